The van der Waals surface area contributed by atoms with E-state index in [1.807, 2.05) is 0 Å². The zero-order chi connectivity index (χ0) is 18.2. The van der Waals surface area contributed by atoms with Crippen LogP contribution in [0.15, 0.2) is 35.7 Å². The number of hydrogen-bond donors (Lipinski definition) is 0. The van der Waals surface area contributed by atoms with Gasteiger partial charge in [0.05, 0.1) is 5.39 Å². The molecule has 5 rings (SSSR count). The summed E-state index contributed by atoms with van der Waals surface area (Å²) in [5.74, 6) is 1.84. The van der Waals surface area contributed by atoms with Crippen LogP contribution in [0.25, 0.3) is 21.3 Å². The molecule has 2 fully saturated rings. The third-order valence-electron chi connectivity index (χ3n) is 5.50. The highest BCUT2D eigenvalue weighted by molar-refractivity contribution is 7.17. The van der Waals surface area contributed by atoms with E-state index < -0.39 is 0 Å². The minimum atomic E-state index is 0.448. The van der Waals surface area contributed by atoms with Crippen LogP contribution in [-0.2, 0) is 11.3 Å². The average Bonchev–Trinajstić information content (AvgIpc) is 3.48. The second-order valence-corrected chi connectivity index (χ2v) is 8.20. The van der Waals surface area contributed by atoms with Crippen LogP contribution >= 0.6 is 11.3 Å². The van der Waals surface area contributed by atoms with E-state index in [4.69, 9.17) is 14.7 Å². The van der Waals surface area contributed by atoms with Crippen molar-refractivity contribution in [1.82, 2.24) is 14.9 Å². The van der Waals surface area contributed by atoms with E-state index in [0.717, 1.165) is 48.7 Å². The number of thiophene rings is 1. The molecule has 0 amide bonds. The van der Waals surface area contributed by atoms with Crippen molar-refractivity contribution in [3.05, 3.63) is 41.5 Å². The minimum Gasteiger partial charge on any atom is -0.377 e. The Morgan fingerprint density at radius 2 is 1.85 bits per heavy atom. The van der Waals surface area contributed by atoms with E-state index >= 15 is 0 Å². The number of hydrogen-bond acceptors (Lipinski definition) is 6. The summed E-state index contributed by atoms with van der Waals surface area (Å²) in [4.78, 5) is 15.8. The second-order valence-electron chi connectivity index (χ2n) is 7.35. The fourth-order valence-electron chi connectivity index (χ4n) is 3.96. The van der Waals surface area contributed by atoms with Crippen LogP contribution in [0.2, 0.25) is 0 Å². The molecule has 0 bridgehead atoms. The summed E-state index contributed by atoms with van der Waals surface area (Å²) in [6, 6.07) is 11.4. The molecule has 0 atom stereocenters. The summed E-state index contributed by atoms with van der Waals surface area (Å²) in [7, 11) is 1.70. The maximum atomic E-state index is 5.32. The minimum absolute atomic E-state index is 0.448. The van der Waals surface area contributed by atoms with Crippen LogP contribution in [0.1, 0.15) is 18.7 Å². The van der Waals surface area contributed by atoms with Gasteiger partial charge >= 0.3 is 0 Å². The first kappa shape index (κ1) is 17.1. The van der Waals surface area contributed by atoms with Crippen LogP contribution in [0, 0.1) is 0 Å². The van der Waals surface area contributed by atoms with Gasteiger partial charge in [0.2, 0.25) is 0 Å². The number of fused-ring (bicyclic) bond motifs is 1. The normalized spacial score (nSPS) is 18.3. The molecule has 1 aromatic carbocycles. The monoisotopic (exact) mass is 380 g/mol. The number of aromatic nitrogens is 2. The van der Waals surface area contributed by atoms with Gasteiger partial charge in [0, 0.05) is 50.3 Å². The second kappa shape index (κ2) is 7.19. The SMILES string of the molecule is COCc1nc(N2CCN(C3CC3)CC2)c2c(-c3ccccc3)csc2n1. The number of piperazine rings is 1. The van der Waals surface area contributed by atoms with Crippen molar-refractivity contribution < 1.29 is 4.74 Å². The number of nitrogens with zero attached hydrogens (tertiary/aromatic N) is 4. The molecular formula is C21H24N4OS. The molecule has 27 heavy (non-hydrogen) atoms. The number of methoxy groups -OCH3 is 1. The first-order valence-electron chi connectivity index (χ1n) is 9.65. The van der Waals surface area contributed by atoms with E-state index in [2.05, 4.69) is 45.5 Å². The standard InChI is InChI=1S/C21H24N4OS/c1-26-13-18-22-20(25-11-9-24(10-12-25)16-7-8-16)19-17(14-27-21(19)23-18)15-5-3-2-4-6-15/h2-6,14,16H,7-13H2,1H3. The molecule has 140 valence electrons. The van der Waals surface area contributed by atoms with Crippen molar-refractivity contribution in [2.45, 2.75) is 25.5 Å². The van der Waals surface area contributed by atoms with E-state index in [9.17, 15) is 0 Å². The Labute approximate surface area is 163 Å². The van der Waals surface area contributed by atoms with Gasteiger partial charge in [-0.25, -0.2) is 9.97 Å². The topological polar surface area (TPSA) is 41.5 Å². The van der Waals surface area contributed by atoms with Gasteiger partial charge in [-0.1, -0.05) is 30.3 Å². The van der Waals surface area contributed by atoms with Crippen molar-refractivity contribution in [3.8, 4) is 11.1 Å². The molecule has 0 unspecified atom stereocenters. The maximum Gasteiger partial charge on any atom is 0.158 e. The predicted octanol–water partition coefficient (Wildman–Crippen LogP) is 3.79. The van der Waals surface area contributed by atoms with Gasteiger partial charge in [0.1, 0.15) is 17.3 Å². The quantitative estimate of drug-likeness (QED) is 0.674. The van der Waals surface area contributed by atoms with Gasteiger partial charge in [-0.2, -0.15) is 0 Å². The third-order valence-corrected chi connectivity index (χ3v) is 6.37. The molecule has 1 aliphatic carbocycles. The molecule has 2 aliphatic rings. The van der Waals surface area contributed by atoms with Crippen LogP contribution in [0.5, 0.6) is 0 Å². The zero-order valence-corrected chi connectivity index (χ0v) is 16.4. The molecular weight excluding hydrogens is 356 g/mol. The Morgan fingerprint density at radius 3 is 2.56 bits per heavy atom. The maximum absolute atomic E-state index is 5.32. The van der Waals surface area contributed by atoms with Crippen LogP contribution in [0.3, 0.4) is 0 Å². The van der Waals surface area contributed by atoms with E-state index in [1.54, 1.807) is 18.4 Å². The number of ether oxygens (including phenoxy) is 1. The highest BCUT2D eigenvalue weighted by Crippen LogP contribution is 2.39. The van der Waals surface area contributed by atoms with Crippen molar-refractivity contribution in [2.24, 2.45) is 0 Å². The summed E-state index contributed by atoms with van der Waals surface area (Å²) >= 11 is 1.70. The van der Waals surface area contributed by atoms with Gasteiger partial charge in [-0.05, 0) is 18.4 Å². The van der Waals surface area contributed by atoms with E-state index in [1.165, 1.54) is 29.4 Å². The largest absolute Gasteiger partial charge is 0.377 e. The fourth-order valence-corrected chi connectivity index (χ4v) is 4.92. The third kappa shape index (κ3) is 3.33. The van der Waals surface area contributed by atoms with Crippen molar-refractivity contribution >= 4 is 27.4 Å². The van der Waals surface area contributed by atoms with E-state index in [-0.39, 0.29) is 0 Å². The summed E-state index contributed by atoms with van der Waals surface area (Å²) in [6.45, 7) is 4.75. The lowest BCUT2D eigenvalue weighted by Gasteiger charge is -2.36. The highest BCUT2D eigenvalue weighted by atomic mass is 32.1. The number of anilines is 1. The first-order chi connectivity index (χ1) is 13.3. The summed E-state index contributed by atoms with van der Waals surface area (Å²) in [5, 5.41) is 3.40. The Hall–Kier alpha value is -2.02. The Kier molecular flexibility index (Phi) is 4.55. The highest BCUT2D eigenvalue weighted by Gasteiger charge is 2.32. The first-order valence-corrected chi connectivity index (χ1v) is 10.5. The zero-order valence-electron chi connectivity index (χ0n) is 15.6. The van der Waals surface area contributed by atoms with Crippen LogP contribution < -0.4 is 4.90 Å². The molecule has 5 nitrogen and oxygen atoms in total. The van der Waals surface area contributed by atoms with Gasteiger partial charge in [-0.15, -0.1) is 11.3 Å². The summed E-state index contributed by atoms with van der Waals surface area (Å²) < 4.78 is 5.32. The van der Waals surface area contributed by atoms with Crippen molar-refractivity contribution in [3.63, 3.8) is 0 Å². The predicted molar refractivity (Wildman–Crippen MR) is 110 cm³/mol. The molecule has 0 spiro atoms. The molecule has 1 aliphatic heterocycles. The van der Waals surface area contributed by atoms with Gasteiger partial charge in [0.15, 0.2) is 5.82 Å². The molecule has 2 aromatic heterocycles. The van der Waals surface area contributed by atoms with Crippen LogP contribution in [0.4, 0.5) is 5.82 Å². The van der Waals surface area contributed by atoms with Crippen LogP contribution in [-0.4, -0.2) is 54.2 Å². The van der Waals surface area contributed by atoms with Crippen molar-refractivity contribution in [2.75, 3.05) is 38.2 Å². The molecule has 6 heteroatoms. The fraction of sp³-hybridized carbons (Fsp3) is 0.429. The Morgan fingerprint density at radius 1 is 1.07 bits per heavy atom. The smallest absolute Gasteiger partial charge is 0.158 e. The molecule has 3 aromatic rings. The molecule has 1 saturated heterocycles. The lowest BCUT2D eigenvalue weighted by molar-refractivity contribution is 0.178. The van der Waals surface area contributed by atoms with Gasteiger partial charge in [0.25, 0.3) is 0 Å². The summed E-state index contributed by atoms with van der Waals surface area (Å²) in [6.07, 6.45) is 2.75. The molecule has 0 N–H and O–H groups in total. The lowest BCUT2D eigenvalue weighted by Crippen LogP contribution is -2.47. The Balaban J connectivity index is 1.56. The van der Waals surface area contributed by atoms with E-state index in [0.29, 0.717) is 6.61 Å². The lowest BCUT2D eigenvalue weighted by atomic mass is 10.1. The van der Waals surface area contributed by atoms with Crippen molar-refractivity contribution in [1.29, 1.82) is 0 Å². The van der Waals surface area contributed by atoms with Gasteiger partial charge in [-0.3, -0.25) is 4.90 Å². The van der Waals surface area contributed by atoms with Gasteiger partial charge < -0.3 is 9.64 Å². The molecule has 1 saturated carbocycles. The Bertz CT molecular complexity index is 930. The molecule has 3 heterocycles. The average molecular weight is 381 g/mol. The summed E-state index contributed by atoms with van der Waals surface area (Å²) in [5.41, 5.74) is 2.46. The number of benzene rings is 1. The molecule has 0 radical (unpaired) electrons. The number of rotatable bonds is 5.